The topological polar surface area (TPSA) is 116 Å². The molecule has 9 heteroatoms. The number of carbonyl (C=O) groups excluding carboxylic acids is 2. The van der Waals surface area contributed by atoms with Gasteiger partial charge in [-0.3, -0.25) is 4.79 Å². The number of β-amino-alcohol motifs (C(OH)–C–C–N with tert-alkyl or cyclic N) is 1. The number of aliphatic hydroxyl groups excluding tert-OH is 1. The minimum absolute atomic E-state index is 0.0166. The zero-order valence-corrected chi connectivity index (χ0v) is 15.4. The maximum Gasteiger partial charge on any atom is 0.337 e. The van der Waals surface area contributed by atoms with Gasteiger partial charge >= 0.3 is 11.9 Å². The van der Waals surface area contributed by atoms with Crippen LogP contribution in [0.4, 0.5) is 5.69 Å². The highest BCUT2D eigenvalue weighted by molar-refractivity contribution is 9.10. The zero-order valence-electron chi connectivity index (χ0n) is 13.9. The Morgan fingerprint density at radius 3 is 2.77 bits per heavy atom. The first-order valence-corrected chi connectivity index (χ1v) is 8.35. The van der Waals surface area contributed by atoms with Crippen molar-refractivity contribution in [3.05, 3.63) is 45.6 Å². The van der Waals surface area contributed by atoms with Crippen LogP contribution in [0.3, 0.4) is 0 Å². The minimum atomic E-state index is -1.11. The van der Waals surface area contributed by atoms with Gasteiger partial charge in [0.05, 0.1) is 25.8 Å². The number of methoxy groups -OCH3 is 1. The molecule has 0 aromatic heterocycles. The summed E-state index contributed by atoms with van der Waals surface area (Å²) in [5, 5.41) is 20.8. The van der Waals surface area contributed by atoms with Gasteiger partial charge in [-0.2, -0.15) is 0 Å². The van der Waals surface area contributed by atoms with Crippen molar-refractivity contribution < 1.29 is 29.3 Å². The molecule has 0 radical (unpaired) electrons. The molecule has 0 bridgehead atoms. The van der Waals surface area contributed by atoms with Crippen molar-refractivity contribution >= 4 is 45.5 Å². The van der Waals surface area contributed by atoms with E-state index in [4.69, 9.17) is 14.9 Å². The Morgan fingerprint density at radius 2 is 2.15 bits per heavy atom. The summed E-state index contributed by atoms with van der Waals surface area (Å²) >= 11 is 3.32. The normalized spacial score (nSPS) is 14.3. The molecule has 1 aromatic rings. The lowest BCUT2D eigenvalue weighted by Gasteiger charge is -2.15. The number of nitrogens with zero attached hydrogens (tertiary/aromatic N) is 1. The van der Waals surface area contributed by atoms with Crippen molar-refractivity contribution in [1.29, 1.82) is 0 Å². The van der Waals surface area contributed by atoms with Gasteiger partial charge in [0.1, 0.15) is 5.70 Å². The lowest BCUT2D eigenvalue weighted by atomic mass is 10.1. The highest BCUT2D eigenvalue weighted by Gasteiger charge is 2.34. The number of nitrogens with one attached hydrogen (secondary N) is 1. The molecular formula is C17H17BrN2O6. The third-order valence-corrected chi connectivity index (χ3v) is 4.13. The number of hydrogen-bond donors (Lipinski definition) is 3. The van der Waals surface area contributed by atoms with Crippen molar-refractivity contribution in [2.24, 2.45) is 0 Å². The Kier molecular flexibility index (Phi) is 6.53. The van der Waals surface area contributed by atoms with Crippen molar-refractivity contribution in [2.45, 2.75) is 0 Å². The average Bonchev–Trinajstić information content (AvgIpc) is 2.90. The van der Waals surface area contributed by atoms with E-state index in [1.165, 1.54) is 18.1 Å². The summed E-state index contributed by atoms with van der Waals surface area (Å²) in [5.41, 5.74) is 1.13. The van der Waals surface area contributed by atoms with Gasteiger partial charge in [-0.25, -0.2) is 9.59 Å². The first kappa shape index (κ1) is 19.7. The number of carboxylic acid groups (broad SMARTS) is 1. The number of halogens is 1. The third kappa shape index (κ3) is 4.50. The van der Waals surface area contributed by atoms with E-state index in [1.54, 1.807) is 18.2 Å². The summed E-state index contributed by atoms with van der Waals surface area (Å²) < 4.78 is 5.43. The Balaban J connectivity index is 2.43. The predicted octanol–water partition coefficient (Wildman–Crippen LogP) is 1.22. The summed E-state index contributed by atoms with van der Waals surface area (Å²) in [6, 6.07) is 5.04. The van der Waals surface area contributed by atoms with E-state index in [9.17, 15) is 14.4 Å². The van der Waals surface area contributed by atoms with Crippen molar-refractivity contribution in [2.75, 3.05) is 32.1 Å². The molecule has 0 fully saturated rings. The van der Waals surface area contributed by atoms with Gasteiger partial charge in [-0.1, -0.05) is 22.0 Å². The molecule has 3 N–H and O–H groups in total. The van der Waals surface area contributed by atoms with Crippen molar-refractivity contribution in [3.63, 3.8) is 0 Å². The number of anilines is 1. The standard InChI is InChI=1S/C17H17BrN2O6/c1-26-17(25)12-9-20(6-7-21)16(24)15(12)19-13-8-11(18)4-2-10(13)3-5-14(22)23/h2-5,8,19,21H,6-7,9H2,1H3,(H,22,23). The Hall–Kier alpha value is -2.65. The van der Waals surface area contributed by atoms with Crippen LogP contribution in [0.15, 0.2) is 40.0 Å². The van der Waals surface area contributed by atoms with E-state index in [1.807, 2.05) is 0 Å². The molecule has 8 nitrogen and oxygen atoms in total. The summed E-state index contributed by atoms with van der Waals surface area (Å²) in [6.45, 7) is -0.144. The molecule has 1 heterocycles. The highest BCUT2D eigenvalue weighted by Crippen LogP contribution is 2.28. The number of aliphatic carboxylic acids is 1. The van der Waals surface area contributed by atoms with E-state index in [-0.39, 0.29) is 31.0 Å². The minimum Gasteiger partial charge on any atom is -0.478 e. The van der Waals surface area contributed by atoms with Crippen molar-refractivity contribution in [3.8, 4) is 0 Å². The second kappa shape index (κ2) is 8.63. The first-order valence-electron chi connectivity index (χ1n) is 7.56. The van der Waals surface area contributed by atoms with Crippen molar-refractivity contribution in [1.82, 2.24) is 4.90 Å². The van der Waals surface area contributed by atoms with Gasteiger partial charge in [-0.05, 0) is 23.8 Å². The lowest BCUT2D eigenvalue weighted by Crippen LogP contribution is -2.31. The van der Waals surface area contributed by atoms with Gasteiger partial charge in [0.2, 0.25) is 0 Å². The molecule has 0 saturated carbocycles. The number of carboxylic acids is 1. The zero-order chi connectivity index (χ0) is 19.3. The van der Waals surface area contributed by atoms with Gasteiger partial charge in [-0.15, -0.1) is 0 Å². The number of ether oxygens (including phenoxy) is 1. The lowest BCUT2D eigenvalue weighted by molar-refractivity contribution is -0.136. The van der Waals surface area contributed by atoms with Crippen LogP contribution in [-0.2, 0) is 19.1 Å². The molecule has 1 amide bonds. The quantitative estimate of drug-likeness (QED) is 0.444. The second-order valence-corrected chi connectivity index (χ2v) is 6.24. The maximum absolute atomic E-state index is 12.6. The number of rotatable bonds is 7. The molecule has 0 atom stereocenters. The molecule has 0 unspecified atom stereocenters. The van der Waals surface area contributed by atoms with Gasteiger partial charge in [0.15, 0.2) is 0 Å². The Labute approximate surface area is 157 Å². The molecule has 2 rings (SSSR count). The van der Waals surface area contributed by atoms with Gasteiger partial charge in [0.25, 0.3) is 5.91 Å². The molecule has 0 saturated heterocycles. The van der Waals surface area contributed by atoms with Crippen LogP contribution in [0, 0.1) is 0 Å². The smallest absolute Gasteiger partial charge is 0.337 e. The number of aliphatic hydroxyl groups is 1. The van der Waals surface area contributed by atoms with E-state index in [0.29, 0.717) is 15.7 Å². The fourth-order valence-electron chi connectivity index (χ4n) is 2.43. The largest absolute Gasteiger partial charge is 0.478 e. The van der Waals surface area contributed by atoms with Crippen LogP contribution in [0.1, 0.15) is 5.56 Å². The monoisotopic (exact) mass is 424 g/mol. The summed E-state index contributed by atoms with van der Waals surface area (Å²) in [5.74, 6) is -2.22. The molecule has 26 heavy (non-hydrogen) atoms. The Morgan fingerprint density at radius 1 is 1.42 bits per heavy atom. The summed E-state index contributed by atoms with van der Waals surface area (Å²) in [7, 11) is 1.21. The molecule has 0 aliphatic carbocycles. The number of carbonyl (C=O) groups is 3. The SMILES string of the molecule is COC(=O)C1=C(Nc2cc(Br)ccc2C=CC(=O)O)C(=O)N(CCO)C1. The van der Waals surface area contributed by atoms with Crippen LogP contribution < -0.4 is 5.32 Å². The first-order chi connectivity index (χ1) is 12.4. The Bertz CT molecular complexity index is 802. The van der Waals surface area contributed by atoms with Crippen LogP contribution in [0.2, 0.25) is 0 Å². The van der Waals surface area contributed by atoms with Crippen LogP contribution in [0.25, 0.3) is 6.08 Å². The molecule has 1 aliphatic heterocycles. The molecule has 0 spiro atoms. The second-order valence-electron chi connectivity index (χ2n) is 5.32. The van der Waals surface area contributed by atoms with Gasteiger partial charge < -0.3 is 25.2 Å². The van der Waals surface area contributed by atoms with E-state index < -0.39 is 17.8 Å². The van der Waals surface area contributed by atoms with E-state index >= 15 is 0 Å². The number of hydrogen-bond acceptors (Lipinski definition) is 6. The fourth-order valence-corrected chi connectivity index (χ4v) is 2.79. The van der Waals surface area contributed by atoms with Gasteiger partial charge in [0, 0.05) is 22.8 Å². The number of amides is 1. The number of benzene rings is 1. The maximum atomic E-state index is 12.6. The van der Waals surface area contributed by atoms with E-state index in [2.05, 4.69) is 21.2 Å². The predicted molar refractivity (Wildman–Crippen MR) is 97.1 cm³/mol. The van der Waals surface area contributed by atoms with Crippen LogP contribution >= 0.6 is 15.9 Å². The average molecular weight is 425 g/mol. The summed E-state index contributed by atoms with van der Waals surface area (Å²) in [4.78, 5) is 36.7. The van der Waals surface area contributed by atoms with E-state index in [0.717, 1.165) is 6.08 Å². The third-order valence-electron chi connectivity index (χ3n) is 3.63. The fraction of sp³-hybridized carbons (Fsp3) is 0.235. The highest BCUT2D eigenvalue weighted by atomic mass is 79.9. The molecule has 1 aromatic carbocycles. The van der Waals surface area contributed by atoms with Crippen LogP contribution in [0.5, 0.6) is 0 Å². The number of esters is 1. The molecule has 138 valence electrons. The summed E-state index contributed by atoms with van der Waals surface area (Å²) in [6.07, 6.45) is 2.35. The van der Waals surface area contributed by atoms with Crippen LogP contribution in [-0.4, -0.2) is 59.8 Å². The molecule has 1 aliphatic rings. The molecular weight excluding hydrogens is 408 g/mol.